The average molecular weight is 287 g/mol. The van der Waals surface area contributed by atoms with Crippen LogP contribution in [0.25, 0.3) is 16.6 Å². The highest BCUT2D eigenvalue weighted by atomic mass is 32.1. The first kappa shape index (κ1) is 13.0. The molecule has 1 aliphatic rings. The van der Waals surface area contributed by atoms with Crippen molar-refractivity contribution >= 4 is 33.8 Å². The van der Waals surface area contributed by atoms with E-state index in [1.807, 2.05) is 19.1 Å². The summed E-state index contributed by atoms with van der Waals surface area (Å²) in [5.74, 6) is 0.870. The van der Waals surface area contributed by atoms with Crippen molar-refractivity contribution in [2.24, 2.45) is 5.73 Å². The van der Waals surface area contributed by atoms with E-state index in [0.29, 0.717) is 4.99 Å². The molecule has 0 fully saturated rings. The van der Waals surface area contributed by atoms with Gasteiger partial charge in [0.25, 0.3) is 0 Å². The lowest BCUT2D eigenvalue weighted by atomic mass is 10.00. The Bertz CT molecular complexity index is 730. The molecule has 4 nitrogen and oxygen atoms in total. The Balaban J connectivity index is 2.25. The predicted molar refractivity (Wildman–Crippen MR) is 85.9 cm³/mol. The number of hydrogen-bond acceptors (Lipinski definition) is 3. The van der Waals surface area contributed by atoms with E-state index in [2.05, 4.69) is 16.4 Å². The number of methoxy groups -OCH3 is 1. The number of hydrogen-bond donors (Lipinski definition) is 3. The minimum absolute atomic E-state index is 0.427. The van der Waals surface area contributed by atoms with Crippen molar-refractivity contribution in [3.63, 3.8) is 0 Å². The highest BCUT2D eigenvalue weighted by Gasteiger charge is 2.21. The smallest absolute Gasteiger partial charge is 0.119 e. The van der Waals surface area contributed by atoms with Crippen molar-refractivity contribution in [3.8, 4) is 5.75 Å². The Morgan fingerprint density at radius 1 is 1.40 bits per heavy atom. The van der Waals surface area contributed by atoms with E-state index in [-0.39, 0.29) is 0 Å². The maximum Gasteiger partial charge on any atom is 0.119 e. The van der Waals surface area contributed by atoms with Gasteiger partial charge in [0.05, 0.1) is 18.5 Å². The van der Waals surface area contributed by atoms with E-state index in [0.717, 1.165) is 41.2 Å². The fraction of sp³-hybridized carbons (Fsp3) is 0.267. The highest BCUT2D eigenvalue weighted by molar-refractivity contribution is 7.80. The first-order valence-electron chi connectivity index (χ1n) is 6.55. The number of nitrogens with one attached hydrogen (secondary N) is 2. The zero-order valence-corrected chi connectivity index (χ0v) is 12.4. The molecule has 104 valence electrons. The molecule has 1 aliphatic heterocycles. The molecule has 20 heavy (non-hydrogen) atoms. The van der Waals surface area contributed by atoms with Crippen LogP contribution in [0.5, 0.6) is 5.75 Å². The van der Waals surface area contributed by atoms with Gasteiger partial charge >= 0.3 is 0 Å². The molecule has 3 rings (SSSR count). The number of benzene rings is 1. The number of fused-ring (bicyclic) bond motifs is 3. The van der Waals surface area contributed by atoms with Crippen molar-refractivity contribution in [1.82, 2.24) is 10.3 Å². The van der Waals surface area contributed by atoms with Crippen molar-refractivity contribution < 1.29 is 4.74 Å². The van der Waals surface area contributed by atoms with E-state index in [9.17, 15) is 0 Å². The van der Waals surface area contributed by atoms with Gasteiger partial charge in [0.15, 0.2) is 0 Å². The maximum absolute atomic E-state index is 5.76. The number of ether oxygens (including phenoxy) is 1. The van der Waals surface area contributed by atoms with Crippen molar-refractivity contribution in [2.45, 2.75) is 13.3 Å². The molecule has 0 saturated carbocycles. The van der Waals surface area contributed by atoms with E-state index in [4.69, 9.17) is 22.7 Å². The zero-order valence-electron chi connectivity index (χ0n) is 11.5. The molecule has 0 bridgehead atoms. The standard InChI is InChI=1S/C15H17N3OS/c1-8(15(16)20)13-14-10(5-6-17-13)11-7-9(19-2)3-4-12(11)18-14/h3-4,7,17-18H,5-6H2,1-2H3,(H2,16,20)/b13-8-. The van der Waals surface area contributed by atoms with E-state index in [1.54, 1.807) is 7.11 Å². The van der Waals surface area contributed by atoms with Gasteiger partial charge in [-0.25, -0.2) is 0 Å². The van der Waals surface area contributed by atoms with Gasteiger partial charge in [-0.1, -0.05) is 12.2 Å². The Labute approximate surface area is 123 Å². The number of nitrogens with two attached hydrogens (primary N) is 1. The summed E-state index contributed by atoms with van der Waals surface area (Å²) in [5.41, 5.74) is 11.2. The van der Waals surface area contributed by atoms with Gasteiger partial charge in [-0.2, -0.15) is 0 Å². The summed E-state index contributed by atoms with van der Waals surface area (Å²) in [6, 6.07) is 6.07. The minimum atomic E-state index is 0.427. The normalized spacial score (nSPS) is 16.5. The summed E-state index contributed by atoms with van der Waals surface area (Å²) in [5, 5.41) is 4.60. The Morgan fingerprint density at radius 2 is 2.20 bits per heavy atom. The molecule has 4 N–H and O–H groups in total. The molecule has 0 atom stereocenters. The molecule has 0 radical (unpaired) electrons. The van der Waals surface area contributed by atoms with Crippen LogP contribution in [0.4, 0.5) is 0 Å². The first-order valence-corrected chi connectivity index (χ1v) is 6.96. The molecule has 0 aliphatic carbocycles. The zero-order chi connectivity index (χ0) is 14.3. The Morgan fingerprint density at radius 3 is 2.90 bits per heavy atom. The minimum Gasteiger partial charge on any atom is -0.497 e. The largest absolute Gasteiger partial charge is 0.497 e. The predicted octanol–water partition coefficient (Wildman–Crippen LogP) is 2.34. The molecular weight excluding hydrogens is 270 g/mol. The molecule has 2 aromatic rings. The van der Waals surface area contributed by atoms with Gasteiger partial charge in [-0.05, 0) is 37.1 Å². The molecule has 0 unspecified atom stereocenters. The van der Waals surface area contributed by atoms with Crippen molar-refractivity contribution in [2.75, 3.05) is 13.7 Å². The monoisotopic (exact) mass is 287 g/mol. The summed E-state index contributed by atoms with van der Waals surface area (Å²) in [6.07, 6.45) is 0.969. The van der Waals surface area contributed by atoms with Crippen LogP contribution in [0.15, 0.2) is 23.8 Å². The molecule has 1 aromatic heterocycles. The SMILES string of the molecule is COc1ccc2[nH]c3c(c2c1)CCN/C3=C(/C)C(N)=S. The average Bonchev–Trinajstić information content (AvgIpc) is 2.83. The van der Waals surface area contributed by atoms with Gasteiger partial charge in [0, 0.05) is 23.0 Å². The van der Waals surface area contributed by atoms with E-state index >= 15 is 0 Å². The second kappa shape index (κ2) is 4.83. The third-order valence-corrected chi connectivity index (χ3v) is 4.09. The quantitative estimate of drug-likeness (QED) is 0.586. The molecular formula is C15H17N3OS. The van der Waals surface area contributed by atoms with Gasteiger partial charge < -0.3 is 20.8 Å². The maximum atomic E-state index is 5.76. The summed E-state index contributed by atoms with van der Waals surface area (Å²) >= 11 is 5.09. The molecule has 2 heterocycles. The van der Waals surface area contributed by atoms with Crippen molar-refractivity contribution in [1.29, 1.82) is 0 Å². The van der Waals surface area contributed by atoms with Crippen LogP contribution in [0.1, 0.15) is 18.2 Å². The number of aromatic amines is 1. The van der Waals surface area contributed by atoms with Crippen LogP contribution in [0.3, 0.4) is 0 Å². The van der Waals surface area contributed by atoms with E-state index in [1.165, 1.54) is 10.9 Å². The summed E-state index contributed by atoms with van der Waals surface area (Å²) in [6.45, 7) is 2.83. The lowest BCUT2D eigenvalue weighted by molar-refractivity contribution is 0.415. The fourth-order valence-electron chi connectivity index (χ4n) is 2.67. The molecule has 0 amide bonds. The third-order valence-electron chi connectivity index (χ3n) is 3.78. The first-order chi connectivity index (χ1) is 9.61. The molecule has 0 saturated heterocycles. The Kier molecular flexibility index (Phi) is 3.14. The number of thiocarbonyl (C=S) groups is 1. The number of rotatable bonds is 2. The van der Waals surface area contributed by atoms with Crippen LogP contribution in [0, 0.1) is 0 Å². The summed E-state index contributed by atoms with van der Waals surface area (Å²) in [7, 11) is 1.68. The second-order valence-corrected chi connectivity index (χ2v) is 5.37. The summed E-state index contributed by atoms with van der Waals surface area (Å²) < 4.78 is 5.31. The van der Waals surface area contributed by atoms with Crippen LogP contribution in [-0.4, -0.2) is 23.6 Å². The lowest BCUT2D eigenvalue weighted by Gasteiger charge is -2.20. The lowest BCUT2D eigenvalue weighted by Crippen LogP contribution is -2.26. The van der Waals surface area contributed by atoms with Gasteiger partial charge in [-0.3, -0.25) is 0 Å². The van der Waals surface area contributed by atoms with Crippen LogP contribution in [-0.2, 0) is 6.42 Å². The van der Waals surface area contributed by atoms with Gasteiger partial charge in [0.2, 0.25) is 0 Å². The fourth-order valence-corrected chi connectivity index (χ4v) is 2.77. The third kappa shape index (κ3) is 1.94. The van der Waals surface area contributed by atoms with E-state index < -0.39 is 0 Å². The number of aromatic nitrogens is 1. The molecule has 0 spiro atoms. The highest BCUT2D eigenvalue weighted by Crippen LogP contribution is 2.32. The second-order valence-electron chi connectivity index (χ2n) is 4.93. The van der Waals surface area contributed by atoms with Crippen LogP contribution >= 0.6 is 12.2 Å². The van der Waals surface area contributed by atoms with Gasteiger partial charge in [-0.15, -0.1) is 0 Å². The number of H-pyrrole nitrogens is 1. The topological polar surface area (TPSA) is 63.1 Å². The summed E-state index contributed by atoms with van der Waals surface area (Å²) in [4.78, 5) is 3.89. The molecule has 5 heteroatoms. The van der Waals surface area contributed by atoms with Crippen molar-refractivity contribution in [3.05, 3.63) is 35.0 Å². The molecule has 1 aromatic carbocycles. The van der Waals surface area contributed by atoms with Gasteiger partial charge in [0.1, 0.15) is 10.7 Å². The van der Waals surface area contributed by atoms with Crippen LogP contribution < -0.4 is 15.8 Å². The van der Waals surface area contributed by atoms with Crippen LogP contribution in [0.2, 0.25) is 0 Å². The Hall–Kier alpha value is -2.01.